The molecule has 0 unspecified atom stereocenters. The second-order valence-electron chi connectivity index (χ2n) is 13.2. The first kappa shape index (κ1) is 31.0. The van der Waals surface area contributed by atoms with Crippen LogP contribution in [0.5, 0.6) is 11.5 Å². The third-order valence-electron chi connectivity index (χ3n) is 9.93. The molecule has 5 aliphatic rings. The van der Waals surface area contributed by atoms with Crippen LogP contribution in [-0.4, -0.2) is 37.0 Å². The summed E-state index contributed by atoms with van der Waals surface area (Å²) in [5.74, 6) is 0.829. The zero-order chi connectivity index (χ0) is 32.7. The average molecular weight is 654 g/mol. The van der Waals surface area contributed by atoms with Gasteiger partial charge in [-0.15, -0.1) is 0 Å². The van der Waals surface area contributed by atoms with Crippen LogP contribution >= 0.6 is 11.6 Å². The van der Waals surface area contributed by atoms with Gasteiger partial charge in [0.05, 0.1) is 17.3 Å². The van der Waals surface area contributed by atoms with Crippen LogP contribution in [0, 0.1) is 17.8 Å². The molecule has 5 amide bonds. The number of anilines is 2. The molecular weight excluding hydrogens is 618 g/mol. The molecule has 1 heterocycles. The maximum atomic E-state index is 13.7. The van der Waals surface area contributed by atoms with Crippen LogP contribution < -0.4 is 25.0 Å². The SMILES string of the molecule is CCOc1cc(/C=C2\C(=O)NC(=O)N(c3ccc(C45CC6CC(CC(C6)C4)C5)cc3)C2=O)cc(Cl)c1OCC(=O)Nc1ccccc1. The number of halogens is 1. The molecule has 0 aromatic heterocycles. The number of rotatable bonds is 9. The van der Waals surface area contributed by atoms with E-state index in [9.17, 15) is 19.2 Å². The van der Waals surface area contributed by atoms with E-state index in [-0.39, 0.29) is 46.6 Å². The minimum Gasteiger partial charge on any atom is -0.490 e. The summed E-state index contributed by atoms with van der Waals surface area (Å²) in [4.78, 5) is 53.0. The van der Waals surface area contributed by atoms with E-state index in [4.69, 9.17) is 21.1 Å². The Balaban J connectivity index is 1.10. The summed E-state index contributed by atoms with van der Waals surface area (Å²) in [5, 5.41) is 5.15. The molecule has 242 valence electrons. The number of barbiturate groups is 1. The van der Waals surface area contributed by atoms with Crippen LogP contribution in [0.3, 0.4) is 0 Å². The van der Waals surface area contributed by atoms with E-state index >= 15 is 0 Å². The quantitative estimate of drug-likeness (QED) is 0.192. The maximum absolute atomic E-state index is 13.7. The summed E-state index contributed by atoms with van der Waals surface area (Å²) in [6.45, 7) is 1.72. The lowest BCUT2D eigenvalue weighted by molar-refractivity contribution is -0.122. The Kier molecular flexibility index (Phi) is 8.26. The minimum atomic E-state index is -0.812. The molecule has 3 aromatic rings. The summed E-state index contributed by atoms with van der Waals surface area (Å²) in [6.07, 6.45) is 9.03. The fourth-order valence-electron chi connectivity index (χ4n) is 8.42. The first-order valence-corrected chi connectivity index (χ1v) is 16.5. The number of imide groups is 2. The molecule has 4 bridgehead atoms. The summed E-state index contributed by atoms with van der Waals surface area (Å²) in [5.41, 5.74) is 2.62. The highest BCUT2D eigenvalue weighted by molar-refractivity contribution is 6.39. The number of hydrogen-bond donors (Lipinski definition) is 2. The van der Waals surface area contributed by atoms with Crippen molar-refractivity contribution < 1.29 is 28.7 Å². The smallest absolute Gasteiger partial charge is 0.335 e. The van der Waals surface area contributed by atoms with E-state index < -0.39 is 17.8 Å². The van der Waals surface area contributed by atoms with Gasteiger partial charge in [0.2, 0.25) is 0 Å². The molecule has 4 aliphatic carbocycles. The molecular formula is C37H36ClN3O6. The van der Waals surface area contributed by atoms with Gasteiger partial charge in [0, 0.05) is 5.69 Å². The summed E-state index contributed by atoms with van der Waals surface area (Å²) >= 11 is 6.56. The molecule has 9 nitrogen and oxygen atoms in total. The van der Waals surface area contributed by atoms with Crippen molar-refractivity contribution in [3.05, 3.63) is 88.5 Å². The highest BCUT2D eigenvalue weighted by Gasteiger charge is 2.51. The lowest BCUT2D eigenvalue weighted by Gasteiger charge is -2.57. The number of nitrogens with one attached hydrogen (secondary N) is 2. The Bertz CT molecular complexity index is 1740. The molecule has 1 aliphatic heterocycles. The molecule has 0 spiro atoms. The van der Waals surface area contributed by atoms with Gasteiger partial charge in [0.1, 0.15) is 5.57 Å². The molecule has 0 radical (unpaired) electrons. The molecule has 3 aromatic carbocycles. The second-order valence-corrected chi connectivity index (χ2v) is 13.6. The Labute approximate surface area is 278 Å². The number of urea groups is 1. The standard InChI is InChI=1S/C37H36ClN3O6/c1-2-46-31-17-22(16-30(38)33(31)47-21-32(42)39-27-6-4-3-5-7-27)15-29-34(43)40-36(45)41(35(29)44)28-10-8-26(9-11-28)37-18-23-12-24(19-37)14-25(13-23)20-37/h3-11,15-17,23-25H,2,12-14,18-21H2,1H3,(H,39,42)(H,40,43,45)/b29-15+. The van der Waals surface area contributed by atoms with Crippen molar-refractivity contribution in [1.29, 1.82) is 0 Å². The number of nitrogens with zero attached hydrogens (tertiary/aromatic N) is 1. The van der Waals surface area contributed by atoms with E-state index in [1.165, 1.54) is 56.2 Å². The van der Waals surface area contributed by atoms with Crippen molar-refractivity contribution >= 4 is 52.8 Å². The van der Waals surface area contributed by atoms with Crippen molar-refractivity contribution in [1.82, 2.24) is 5.32 Å². The van der Waals surface area contributed by atoms with E-state index in [0.29, 0.717) is 16.9 Å². The van der Waals surface area contributed by atoms with Crippen molar-refractivity contribution in [2.45, 2.75) is 50.9 Å². The zero-order valence-corrected chi connectivity index (χ0v) is 26.8. The maximum Gasteiger partial charge on any atom is 0.335 e. The van der Waals surface area contributed by atoms with Crippen molar-refractivity contribution in [3.8, 4) is 11.5 Å². The highest BCUT2D eigenvalue weighted by Crippen LogP contribution is 2.60. The van der Waals surface area contributed by atoms with Crippen LogP contribution in [0.15, 0.2) is 72.3 Å². The molecule has 0 atom stereocenters. The predicted molar refractivity (Wildman–Crippen MR) is 178 cm³/mol. The van der Waals surface area contributed by atoms with Gasteiger partial charge in [-0.25, -0.2) is 9.69 Å². The lowest BCUT2D eigenvalue weighted by Crippen LogP contribution is -2.54. The Morgan fingerprint density at radius 3 is 2.26 bits per heavy atom. The number of amides is 5. The van der Waals surface area contributed by atoms with Crippen LogP contribution in [-0.2, 0) is 19.8 Å². The molecule has 47 heavy (non-hydrogen) atoms. The summed E-state index contributed by atoms with van der Waals surface area (Å²) in [7, 11) is 0. The third kappa shape index (κ3) is 6.12. The van der Waals surface area contributed by atoms with Gasteiger partial charge in [-0.1, -0.05) is 41.9 Å². The van der Waals surface area contributed by atoms with Crippen LogP contribution in [0.2, 0.25) is 5.02 Å². The first-order chi connectivity index (χ1) is 22.7. The van der Waals surface area contributed by atoms with Crippen LogP contribution in [0.25, 0.3) is 6.08 Å². The van der Waals surface area contributed by atoms with Gasteiger partial charge in [-0.3, -0.25) is 19.7 Å². The fraction of sp³-hybridized carbons (Fsp3) is 0.351. The van der Waals surface area contributed by atoms with Gasteiger partial charge in [0.25, 0.3) is 17.7 Å². The van der Waals surface area contributed by atoms with E-state index in [1.54, 1.807) is 37.3 Å². The highest BCUT2D eigenvalue weighted by atomic mass is 35.5. The number of ether oxygens (including phenoxy) is 2. The Morgan fingerprint density at radius 1 is 0.957 bits per heavy atom. The lowest BCUT2D eigenvalue weighted by atomic mass is 9.48. The largest absolute Gasteiger partial charge is 0.490 e. The fourth-order valence-corrected chi connectivity index (χ4v) is 8.69. The number of carbonyl (C=O) groups is 4. The number of carbonyl (C=O) groups excluding carboxylic acids is 4. The minimum absolute atomic E-state index is 0.118. The van der Waals surface area contributed by atoms with Gasteiger partial charge in [0.15, 0.2) is 18.1 Å². The summed E-state index contributed by atoms with van der Waals surface area (Å²) < 4.78 is 11.5. The average Bonchev–Trinajstić information content (AvgIpc) is 3.03. The Hall–Kier alpha value is -4.63. The molecule has 1 saturated heterocycles. The molecule has 4 saturated carbocycles. The van der Waals surface area contributed by atoms with Gasteiger partial charge < -0.3 is 14.8 Å². The van der Waals surface area contributed by atoms with Crippen molar-refractivity contribution in [2.24, 2.45) is 17.8 Å². The topological polar surface area (TPSA) is 114 Å². The van der Waals surface area contributed by atoms with E-state index in [0.717, 1.165) is 22.7 Å². The number of benzene rings is 3. The number of para-hydroxylation sites is 1. The first-order valence-electron chi connectivity index (χ1n) is 16.2. The number of hydrogen-bond acceptors (Lipinski definition) is 6. The normalized spacial score (nSPS) is 25.6. The second kappa shape index (κ2) is 12.5. The third-order valence-corrected chi connectivity index (χ3v) is 10.2. The predicted octanol–water partition coefficient (Wildman–Crippen LogP) is 6.89. The van der Waals surface area contributed by atoms with Crippen LogP contribution in [0.4, 0.5) is 16.2 Å². The zero-order valence-electron chi connectivity index (χ0n) is 26.1. The van der Waals surface area contributed by atoms with Crippen molar-refractivity contribution in [3.63, 3.8) is 0 Å². The van der Waals surface area contributed by atoms with Gasteiger partial charge >= 0.3 is 6.03 Å². The van der Waals surface area contributed by atoms with E-state index in [1.807, 2.05) is 18.2 Å². The molecule has 8 rings (SSSR count). The van der Waals surface area contributed by atoms with Crippen LogP contribution in [0.1, 0.15) is 56.6 Å². The summed E-state index contributed by atoms with van der Waals surface area (Å²) in [6, 6.07) is 19.0. The van der Waals surface area contributed by atoms with Gasteiger partial charge in [-0.2, -0.15) is 0 Å². The van der Waals surface area contributed by atoms with E-state index in [2.05, 4.69) is 22.8 Å². The Morgan fingerprint density at radius 2 is 1.62 bits per heavy atom. The van der Waals surface area contributed by atoms with Crippen molar-refractivity contribution in [2.75, 3.05) is 23.4 Å². The molecule has 5 fully saturated rings. The van der Waals surface area contributed by atoms with Gasteiger partial charge in [-0.05, 0) is 122 Å². The molecule has 10 heteroatoms. The monoisotopic (exact) mass is 653 g/mol. The molecule has 2 N–H and O–H groups in total.